The molecule has 0 radical (unpaired) electrons. The molecule has 0 spiro atoms. The maximum atomic E-state index is 8.83. The molecule has 30 heavy (non-hydrogen) atoms. The molecule has 0 bridgehead atoms. The monoisotopic (exact) mass is 406 g/mol. The lowest BCUT2D eigenvalue weighted by molar-refractivity contribution is 0.198. The molecule has 1 saturated carbocycles. The minimum Gasteiger partial charge on any atom is -0.496 e. The fourth-order valence-electron chi connectivity index (χ4n) is 3.50. The topological polar surface area (TPSA) is 134 Å². The first-order chi connectivity index (χ1) is 14.7. The van der Waals surface area contributed by atoms with Gasteiger partial charge in [-0.25, -0.2) is 15.0 Å². The molecule has 10 heteroatoms. The van der Waals surface area contributed by atoms with Gasteiger partial charge in [-0.1, -0.05) is 0 Å². The van der Waals surface area contributed by atoms with E-state index >= 15 is 0 Å². The first-order valence-corrected chi connectivity index (χ1v) is 9.62. The van der Waals surface area contributed by atoms with Crippen LogP contribution in [0.3, 0.4) is 0 Å². The molecule has 0 aromatic carbocycles. The van der Waals surface area contributed by atoms with Crippen molar-refractivity contribution in [2.45, 2.75) is 31.4 Å². The Morgan fingerprint density at radius 3 is 2.80 bits per heavy atom. The second-order valence-electron chi connectivity index (χ2n) is 6.92. The summed E-state index contributed by atoms with van der Waals surface area (Å²) in [6.45, 7) is 0. The molecule has 0 saturated heterocycles. The van der Waals surface area contributed by atoms with Crippen molar-refractivity contribution in [1.82, 2.24) is 30.5 Å². The molecule has 0 unspecified atom stereocenters. The first-order valence-electron chi connectivity index (χ1n) is 9.62. The average molecular weight is 406 g/mol. The normalized spacial score (nSPS) is 18.0. The molecule has 3 aromatic rings. The van der Waals surface area contributed by atoms with Crippen molar-refractivity contribution >= 4 is 11.6 Å². The highest BCUT2D eigenvalue weighted by atomic mass is 16.5. The summed E-state index contributed by atoms with van der Waals surface area (Å²) >= 11 is 0. The zero-order valence-electron chi connectivity index (χ0n) is 16.7. The molecule has 1 aliphatic rings. The fourth-order valence-corrected chi connectivity index (χ4v) is 3.50. The van der Waals surface area contributed by atoms with E-state index in [0.717, 1.165) is 19.3 Å². The summed E-state index contributed by atoms with van der Waals surface area (Å²) in [4.78, 5) is 12.6. The summed E-state index contributed by atoms with van der Waals surface area (Å²) in [5.74, 6) is 2.16. The van der Waals surface area contributed by atoms with Gasteiger partial charge in [-0.2, -0.15) is 10.4 Å². The van der Waals surface area contributed by atoms with Crippen molar-refractivity contribution < 1.29 is 9.47 Å². The van der Waals surface area contributed by atoms with Crippen molar-refractivity contribution in [2.24, 2.45) is 0 Å². The van der Waals surface area contributed by atoms with Gasteiger partial charge in [-0.15, -0.1) is 0 Å². The fraction of sp³-hybridized carbons (Fsp3) is 0.350. The van der Waals surface area contributed by atoms with Crippen LogP contribution in [0.4, 0.5) is 11.6 Å². The Labute approximate surface area is 173 Å². The van der Waals surface area contributed by atoms with E-state index in [1.807, 2.05) is 19.2 Å². The van der Waals surface area contributed by atoms with Gasteiger partial charge in [0.2, 0.25) is 5.88 Å². The summed E-state index contributed by atoms with van der Waals surface area (Å²) in [7, 11) is 3.58. The van der Waals surface area contributed by atoms with E-state index in [4.69, 9.17) is 14.7 Å². The van der Waals surface area contributed by atoms with Crippen LogP contribution in [0, 0.1) is 11.3 Å². The van der Waals surface area contributed by atoms with Crippen LogP contribution in [-0.2, 0) is 0 Å². The van der Waals surface area contributed by atoms with Gasteiger partial charge >= 0.3 is 0 Å². The van der Waals surface area contributed by atoms with E-state index in [-0.39, 0.29) is 11.8 Å². The molecule has 10 nitrogen and oxygen atoms in total. The van der Waals surface area contributed by atoms with Crippen LogP contribution in [0.1, 0.15) is 25.0 Å². The maximum absolute atomic E-state index is 8.83. The molecule has 1 aliphatic carbocycles. The third-order valence-electron chi connectivity index (χ3n) is 5.04. The van der Waals surface area contributed by atoms with E-state index in [1.165, 1.54) is 12.4 Å². The lowest BCUT2D eigenvalue weighted by atomic mass is 10.1. The Kier molecular flexibility index (Phi) is 5.72. The van der Waals surface area contributed by atoms with Crippen LogP contribution in [0.5, 0.6) is 11.6 Å². The van der Waals surface area contributed by atoms with Crippen LogP contribution >= 0.6 is 0 Å². The number of aromatic nitrogens is 5. The smallest absolute Gasteiger partial charge is 0.227 e. The van der Waals surface area contributed by atoms with E-state index < -0.39 is 0 Å². The van der Waals surface area contributed by atoms with Crippen LogP contribution in [0.2, 0.25) is 0 Å². The van der Waals surface area contributed by atoms with Crippen LogP contribution in [-0.4, -0.2) is 51.5 Å². The molecular weight excluding hydrogens is 384 g/mol. The Morgan fingerprint density at radius 2 is 2.10 bits per heavy atom. The lowest BCUT2D eigenvalue weighted by Gasteiger charge is -2.17. The van der Waals surface area contributed by atoms with Crippen LogP contribution < -0.4 is 20.1 Å². The Balaban J connectivity index is 1.57. The van der Waals surface area contributed by atoms with E-state index in [1.54, 1.807) is 19.4 Å². The van der Waals surface area contributed by atoms with Gasteiger partial charge in [-0.05, 0) is 32.4 Å². The molecule has 3 N–H and O–H groups in total. The standard InChI is InChI=1S/C20H22N8O2/c1-22-12-3-4-14(7-12)30-20-19(16(29-2)5-6-23-20)15-8-17(28-27-15)26-18-11-24-13(9-21)10-25-18/h5-6,8,10-12,14,22H,3-4,7H2,1-2H3,(H2,25,26,27,28)/t12-,14-/m0/s1. The van der Waals surface area contributed by atoms with Gasteiger partial charge in [0.1, 0.15) is 29.3 Å². The van der Waals surface area contributed by atoms with Crippen molar-refractivity contribution in [3.8, 4) is 29.0 Å². The van der Waals surface area contributed by atoms with Crippen LogP contribution in [0.25, 0.3) is 11.3 Å². The molecule has 2 atom stereocenters. The Morgan fingerprint density at radius 1 is 1.20 bits per heavy atom. The maximum Gasteiger partial charge on any atom is 0.227 e. The molecule has 4 rings (SSSR count). The van der Waals surface area contributed by atoms with Gasteiger partial charge < -0.3 is 20.1 Å². The number of ether oxygens (including phenoxy) is 2. The highest BCUT2D eigenvalue weighted by Gasteiger charge is 2.27. The summed E-state index contributed by atoms with van der Waals surface area (Å²) in [5.41, 5.74) is 1.65. The average Bonchev–Trinajstić information content (AvgIpc) is 3.43. The van der Waals surface area contributed by atoms with Crippen molar-refractivity contribution in [1.29, 1.82) is 5.26 Å². The first kappa shape index (κ1) is 19.6. The number of nitrogens with zero attached hydrogens (tertiary/aromatic N) is 5. The number of pyridine rings is 1. The molecular formula is C20H22N8O2. The van der Waals surface area contributed by atoms with Gasteiger partial charge in [0.15, 0.2) is 11.5 Å². The number of nitrogens with one attached hydrogen (secondary N) is 3. The largest absolute Gasteiger partial charge is 0.496 e. The number of hydrogen-bond donors (Lipinski definition) is 3. The number of methoxy groups -OCH3 is 1. The minimum absolute atomic E-state index is 0.0928. The van der Waals surface area contributed by atoms with Gasteiger partial charge in [0, 0.05) is 18.3 Å². The van der Waals surface area contributed by atoms with E-state index in [0.29, 0.717) is 40.6 Å². The summed E-state index contributed by atoms with van der Waals surface area (Å²) < 4.78 is 11.8. The van der Waals surface area contributed by atoms with E-state index in [2.05, 4.69) is 35.8 Å². The predicted molar refractivity (Wildman–Crippen MR) is 110 cm³/mol. The number of nitriles is 1. The minimum atomic E-state index is 0.0928. The zero-order chi connectivity index (χ0) is 20.9. The molecule has 3 heterocycles. The molecule has 1 fully saturated rings. The summed E-state index contributed by atoms with van der Waals surface area (Å²) in [5, 5.41) is 22.5. The number of hydrogen-bond acceptors (Lipinski definition) is 9. The Bertz CT molecular complexity index is 1040. The third kappa shape index (κ3) is 4.16. The molecule has 0 aliphatic heterocycles. The van der Waals surface area contributed by atoms with Crippen LogP contribution in [0.15, 0.2) is 30.7 Å². The van der Waals surface area contributed by atoms with Gasteiger partial charge in [0.05, 0.1) is 25.2 Å². The number of H-pyrrole nitrogens is 1. The highest BCUT2D eigenvalue weighted by Crippen LogP contribution is 2.38. The van der Waals surface area contributed by atoms with Crippen molar-refractivity contribution in [3.63, 3.8) is 0 Å². The third-order valence-corrected chi connectivity index (χ3v) is 5.04. The summed E-state index contributed by atoms with van der Waals surface area (Å²) in [6, 6.07) is 6.00. The Hall–Kier alpha value is -3.71. The SMILES string of the molecule is CN[C@H]1CC[C@H](Oc2nccc(OC)c2-c2cc(Nc3cnc(C#N)cn3)n[nH]2)C1. The lowest BCUT2D eigenvalue weighted by Crippen LogP contribution is -2.23. The van der Waals surface area contributed by atoms with Crippen molar-refractivity contribution in [2.75, 3.05) is 19.5 Å². The number of anilines is 2. The second kappa shape index (κ2) is 8.75. The number of aromatic amines is 1. The molecule has 154 valence electrons. The zero-order valence-corrected chi connectivity index (χ0v) is 16.7. The second-order valence-corrected chi connectivity index (χ2v) is 6.92. The highest BCUT2D eigenvalue weighted by molar-refractivity contribution is 5.74. The molecule has 3 aromatic heterocycles. The van der Waals surface area contributed by atoms with E-state index in [9.17, 15) is 0 Å². The number of rotatable bonds is 7. The van der Waals surface area contributed by atoms with Gasteiger partial charge in [-0.3, -0.25) is 5.10 Å². The predicted octanol–water partition coefficient (Wildman–Crippen LogP) is 2.40. The van der Waals surface area contributed by atoms with Crippen molar-refractivity contribution in [3.05, 3.63) is 36.4 Å². The van der Waals surface area contributed by atoms with Gasteiger partial charge in [0.25, 0.3) is 0 Å². The quantitative estimate of drug-likeness (QED) is 0.541. The molecule has 0 amide bonds. The summed E-state index contributed by atoms with van der Waals surface area (Å²) in [6.07, 6.45) is 7.61.